The molecule has 0 radical (unpaired) electrons. The van der Waals surface area contributed by atoms with Gasteiger partial charge in [-0.05, 0) is 30.2 Å². The third kappa shape index (κ3) is 3.23. The Balaban J connectivity index is 0.000000686. The van der Waals surface area contributed by atoms with Crippen LogP contribution in [0.2, 0.25) is 0 Å². The Bertz CT molecular complexity index is 497. The van der Waals surface area contributed by atoms with Crippen molar-refractivity contribution in [1.82, 2.24) is 4.98 Å². The molecule has 3 heteroatoms. The fraction of sp³-hybridized carbons (Fsp3) is 0.357. The van der Waals surface area contributed by atoms with Crippen molar-refractivity contribution in [3.05, 3.63) is 41.3 Å². The number of pyridine rings is 1. The molecule has 17 heavy (non-hydrogen) atoms. The molecule has 0 fully saturated rings. The van der Waals surface area contributed by atoms with Crippen LogP contribution in [0, 0.1) is 5.82 Å². The van der Waals surface area contributed by atoms with E-state index in [9.17, 15) is 4.39 Å². The lowest BCUT2D eigenvalue weighted by atomic mass is 10.1. The van der Waals surface area contributed by atoms with E-state index in [2.05, 4.69) is 27.2 Å². The highest BCUT2D eigenvalue weighted by atomic mass is 31.0. The topological polar surface area (TPSA) is 12.9 Å². The van der Waals surface area contributed by atoms with Crippen LogP contribution in [0.25, 0.3) is 10.9 Å². The quantitative estimate of drug-likeness (QED) is 0.723. The summed E-state index contributed by atoms with van der Waals surface area (Å²) in [5.74, 6) is -0.224. The van der Waals surface area contributed by atoms with Crippen molar-refractivity contribution in [3.63, 3.8) is 0 Å². The minimum Gasteiger partial charge on any atom is -0.252 e. The van der Waals surface area contributed by atoms with Crippen molar-refractivity contribution >= 4 is 20.1 Å². The fourth-order valence-electron chi connectivity index (χ4n) is 1.73. The maximum atomic E-state index is 13.1. The maximum Gasteiger partial charge on any atom is 0.125 e. The number of aromatic nitrogens is 1. The second kappa shape index (κ2) is 6.66. The van der Waals surface area contributed by atoms with Crippen molar-refractivity contribution in [1.29, 1.82) is 0 Å². The molecule has 0 saturated heterocycles. The van der Waals surface area contributed by atoms with E-state index in [1.165, 1.54) is 17.7 Å². The van der Waals surface area contributed by atoms with Crippen molar-refractivity contribution in [2.24, 2.45) is 0 Å². The highest BCUT2D eigenvalue weighted by Gasteiger charge is 2.04. The number of fused-ring (bicyclic) bond motifs is 1. The molecule has 1 aromatic heterocycles. The predicted octanol–water partition coefficient (Wildman–Crippen LogP) is 4.34. The molecule has 1 nitrogen and oxygen atoms in total. The van der Waals surface area contributed by atoms with E-state index in [0.717, 1.165) is 29.2 Å². The Morgan fingerprint density at radius 3 is 2.53 bits per heavy atom. The number of aryl methyl sites for hydroxylation is 1. The van der Waals surface area contributed by atoms with E-state index in [-0.39, 0.29) is 5.82 Å². The molecule has 1 atom stereocenters. The van der Waals surface area contributed by atoms with Crippen molar-refractivity contribution < 1.29 is 4.39 Å². The van der Waals surface area contributed by atoms with Gasteiger partial charge in [0.15, 0.2) is 0 Å². The van der Waals surface area contributed by atoms with E-state index < -0.39 is 0 Å². The van der Waals surface area contributed by atoms with E-state index in [1.54, 1.807) is 0 Å². The lowest BCUT2D eigenvalue weighted by Crippen LogP contribution is -1.93. The average molecular weight is 251 g/mol. The molecule has 0 aliphatic heterocycles. The Kier molecular flexibility index (Phi) is 5.50. The zero-order valence-corrected chi connectivity index (χ0v) is 11.8. The molecule has 2 rings (SSSR count). The lowest BCUT2D eigenvalue weighted by molar-refractivity contribution is 0.629. The second-order valence-electron chi connectivity index (χ2n) is 3.49. The fourth-order valence-corrected chi connectivity index (χ4v) is 1.94. The lowest BCUT2D eigenvalue weighted by Gasteiger charge is -2.06. The molecule has 92 valence electrons. The molecule has 2 aromatic rings. The predicted molar refractivity (Wildman–Crippen MR) is 75.8 cm³/mol. The van der Waals surface area contributed by atoms with Crippen LogP contribution < -0.4 is 0 Å². The van der Waals surface area contributed by atoms with Crippen LogP contribution in [-0.2, 0) is 12.6 Å². The van der Waals surface area contributed by atoms with Gasteiger partial charge in [-0.15, -0.1) is 9.24 Å². The normalized spacial score (nSPS) is 9.94. The van der Waals surface area contributed by atoms with Crippen LogP contribution in [0.1, 0.15) is 32.0 Å². The molecule has 0 spiro atoms. The van der Waals surface area contributed by atoms with Gasteiger partial charge in [0.2, 0.25) is 0 Å². The maximum absolute atomic E-state index is 13.1. The highest BCUT2D eigenvalue weighted by Crippen LogP contribution is 2.21. The van der Waals surface area contributed by atoms with Crippen LogP contribution in [0.15, 0.2) is 24.3 Å². The smallest absolute Gasteiger partial charge is 0.125 e. The molecule has 1 aromatic carbocycles. The highest BCUT2D eigenvalue weighted by molar-refractivity contribution is 7.15. The minimum absolute atomic E-state index is 0.224. The molecule has 0 aliphatic rings. The first-order valence-corrected chi connectivity index (χ1v) is 6.84. The van der Waals surface area contributed by atoms with Crippen LogP contribution in [-0.4, -0.2) is 4.98 Å². The largest absolute Gasteiger partial charge is 0.252 e. The molecule has 0 bridgehead atoms. The third-order valence-corrected chi connectivity index (χ3v) is 2.92. The summed E-state index contributed by atoms with van der Waals surface area (Å²) >= 11 is 0. The number of nitrogens with zero attached hydrogens (tertiary/aromatic N) is 1. The first kappa shape index (κ1) is 14.1. The van der Waals surface area contributed by atoms with Gasteiger partial charge in [-0.3, -0.25) is 4.98 Å². The number of rotatable bonds is 2. The van der Waals surface area contributed by atoms with E-state index in [0.29, 0.717) is 0 Å². The Morgan fingerprint density at radius 2 is 1.94 bits per heavy atom. The summed E-state index contributed by atoms with van der Waals surface area (Å²) in [6.07, 6.45) is 1.75. The SMILES string of the molecule is CC.CCc1cc(CP)nc2cc(F)ccc12. The number of hydrogen-bond acceptors (Lipinski definition) is 1. The molecule has 0 saturated carbocycles. The van der Waals surface area contributed by atoms with Crippen molar-refractivity contribution in [2.45, 2.75) is 33.4 Å². The van der Waals surface area contributed by atoms with Crippen LogP contribution in [0.4, 0.5) is 4.39 Å². The van der Waals surface area contributed by atoms with Gasteiger partial charge >= 0.3 is 0 Å². The van der Waals surface area contributed by atoms with Crippen molar-refractivity contribution in [3.8, 4) is 0 Å². The zero-order valence-electron chi connectivity index (χ0n) is 10.6. The molecular formula is C14H19FNP. The van der Waals surface area contributed by atoms with Gasteiger partial charge < -0.3 is 0 Å². The summed E-state index contributed by atoms with van der Waals surface area (Å²) in [5, 5.41) is 1.06. The summed E-state index contributed by atoms with van der Waals surface area (Å²) < 4.78 is 13.1. The van der Waals surface area contributed by atoms with E-state index >= 15 is 0 Å². The average Bonchev–Trinajstić information content (AvgIpc) is 2.39. The van der Waals surface area contributed by atoms with Gasteiger partial charge in [0.1, 0.15) is 5.82 Å². The molecule has 1 heterocycles. The van der Waals surface area contributed by atoms with Gasteiger partial charge in [-0.1, -0.05) is 20.8 Å². The van der Waals surface area contributed by atoms with Crippen molar-refractivity contribution in [2.75, 3.05) is 0 Å². The Hall–Kier alpha value is -1.01. The minimum atomic E-state index is -0.224. The standard InChI is InChI=1S/C12H13FNP.C2H6/c1-2-8-5-10(7-15)14-12-6-9(13)3-4-11(8)12;1-2/h3-6H,2,7,15H2,1H3;1-2H3. The first-order valence-electron chi connectivity index (χ1n) is 6.02. The third-order valence-electron chi connectivity index (χ3n) is 2.50. The molecule has 0 N–H and O–H groups in total. The van der Waals surface area contributed by atoms with Gasteiger partial charge in [0.25, 0.3) is 0 Å². The Labute approximate surface area is 105 Å². The summed E-state index contributed by atoms with van der Waals surface area (Å²) in [6.45, 7) is 6.10. The number of halogens is 1. The number of hydrogen-bond donors (Lipinski definition) is 0. The van der Waals surface area contributed by atoms with Gasteiger partial charge in [-0.2, -0.15) is 0 Å². The molecule has 1 unspecified atom stereocenters. The second-order valence-corrected chi connectivity index (χ2v) is 3.90. The summed E-state index contributed by atoms with van der Waals surface area (Å²) in [4.78, 5) is 4.40. The Morgan fingerprint density at radius 1 is 1.24 bits per heavy atom. The molecular weight excluding hydrogens is 232 g/mol. The zero-order chi connectivity index (χ0) is 12.8. The first-order chi connectivity index (χ1) is 8.24. The van der Waals surface area contributed by atoms with E-state index in [4.69, 9.17) is 0 Å². The van der Waals surface area contributed by atoms with Gasteiger partial charge in [-0.25, -0.2) is 4.39 Å². The van der Waals surface area contributed by atoms with Gasteiger partial charge in [0.05, 0.1) is 5.52 Å². The monoisotopic (exact) mass is 251 g/mol. The summed E-state index contributed by atoms with van der Waals surface area (Å²) in [6, 6.07) is 6.89. The van der Waals surface area contributed by atoms with Gasteiger partial charge in [0, 0.05) is 23.3 Å². The van der Waals surface area contributed by atoms with E-state index in [1.807, 2.05) is 19.9 Å². The van der Waals surface area contributed by atoms with Crippen LogP contribution in [0.5, 0.6) is 0 Å². The number of benzene rings is 1. The molecule has 0 amide bonds. The summed E-state index contributed by atoms with van der Waals surface area (Å²) in [7, 11) is 2.64. The van der Waals surface area contributed by atoms with Crippen LogP contribution >= 0.6 is 9.24 Å². The molecule has 0 aliphatic carbocycles. The van der Waals surface area contributed by atoms with Crippen LogP contribution in [0.3, 0.4) is 0 Å². The summed E-state index contributed by atoms with van der Waals surface area (Å²) in [5.41, 5.74) is 2.99.